The van der Waals surface area contributed by atoms with Crippen LogP contribution < -0.4 is 5.56 Å². The Morgan fingerprint density at radius 2 is 1.93 bits per heavy atom. The number of hydrogen-bond acceptors (Lipinski definition) is 6. The highest BCUT2D eigenvalue weighted by atomic mass is 35.5. The van der Waals surface area contributed by atoms with E-state index < -0.39 is 0 Å². The van der Waals surface area contributed by atoms with E-state index in [-0.39, 0.29) is 5.56 Å². The third-order valence-corrected chi connectivity index (χ3v) is 5.99. The van der Waals surface area contributed by atoms with Crippen molar-refractivity contribution >= 4 is 34.3 Å². The van der Waals surface area contributed by atoms with Crippen LogP contribution in [0.5, 0.6) is 0 Å². The molecule has 0 aliphatic heterocycles. The maximum Gasteiger partial charge on any atom is 0.266 e. The van der Waals surface area contributed by atoms with Gasteiger partial charge in [-0.15, -0.1) is 0 Å². The highest BCUT2D eigenvalue weighted by Crippen LogP contribution is 2.27. The third kappa shape index (κ3) is 4.13. The zero-order valence-electron chi connectivity index (χ0n) is 16.9. The summed E-state index contributed by atoms with van der Waals surface area (Å²) in [7, 11) is 0. The zero-order chi connectivity index (χ0) is 21.3. The molecule has 6 nitrogen and oxygen atoms in total. The van der Waals surface area contributed by atoms with Crippen LogP contribution in [0.15, 0.2) is 56.9 Å². The molecular formula is C22H21ClN4O2S. The molecule has 154 valence electrons. The number of hydrogen-bond donors (Lipinski definition) is 0. The number of rotatable bonds is 6. The van der Waals surface area contributed by atoms with Gasteiger partial charge >= 0.3 is 0 Å². The molecule has 0 aliphatic carbocycles. The molecule has 0 aliphatic rings. The van der Waals surface area contributed by atoms with Gasteiger partial charge in [-0.3, -0.25) is 9.36 Å². The molecule has 2 aromatic heterocycles. The van der Waals surface area contributed by atoms with Gasteiger partial charge in [-0.2, -0.15) is 4.98 Å². The second-order valence-electron chi connectivity index (χ2n) is 7.43. The van der Waals surface area contributed by atoms with E-state index in [2.05, 4.69) is 24.0 Å². The van der Waals surface area contributed by atoms with Crippen molar-refractivity contribution in [3.8, 4) is 5.69 Å². The monoisotopic (exact) mass is 440 g/mol. The van der Waals surface area contributed by atoms with Gasteiger partial charge < -0.3 is 4.52 Å². The van der Waals surface area contributed by atoms with Gasteiger partial charge in [0, 0.05) is 11.4 Å². The minimum atomic E-state index is -0.137. The molecule has 2 heterocycles. The number of halogens is 1. The Labute approximate surface area is 183 Å². The zero-order valence-corrected chi connectivity index (χ0v) is 18.5. The van der Waals surface area contributed by atoms with Crippen LogP contribution in [-0.2, 0) is 12.2 Å². The van der Waals surface area contributed by atoms with Gasteiger partial charge in [0.05, 0.1) is 22.3 Å². The molecule has 0 unspecified atom stereocenters. The fourth-order valence-corrected chi connectivity index (χ4v) is 4.19. The maximum absolute atomic E-state index is 13.4. The lowest BCUT2D eigenvalue weighted by Gasteiger charge is -2.15. The van der Waals surface area contributed by atoms with Gasteiger partial charge in [0.25, 0.3) is 5.56 Å². The van der Waals surface area contributed by atoms with Crippen molar-refractivity contribution in [2.45, 2.75) is 38.1 Å². The number of thioether (sulfide) groups is 1. The summed E-state index contributed by atoms with van der Waals surface area (Å²) >= 11 is 7.72. The molecule has 0 bridgehead atoms. The maximum atomic E-state index is 13.4. The summed E-state index contributed by atoms with van der Waals surface area (Å²) < 4.78 is 6.94. The third-order valence-electron chi connectivity index (χ3n) is 4.65. The average Bonchev–Trinajstić information content (AvgIpc) is 3.16. The second-order valence-corrected chi connectivity index (χ2v) is 8.78. The van der Waals surface area contributed by atoms with Gasteiger partial charge in [0.2, 0.25) is 5.89 Å². The number of fused-ring (bicyclic) bond motifs is 1. The molecule has 0 saturated carbocycles. The van der Waals surface area contributed by atoms with Crippen molar-refractivity contribution in [1.82, 2.24) is 19.7 Å². The molecule has 30 heavy (non-hydrogen) atoms. The van der Waals surface area contributed by atoms with E-state index in [4.69, 9.17) is 21.1 Å². The van der Waals surface area contributed by atoms with Crippen molar-refractivity contribution in [3.05, 3.63) is 75.1 Å². The van der Waals surface area contributed by atoms with Gasteiger partial charge in [-0.1, -0.05) is 60.6 Å². The van der Waals surface area contributed by atoms with Crippen LogP contribution in [0.2, 0.25) is 5.02 Å². The largest absolute Gasteiger partial charge is 0.339 e. The number of aromatic nitrogens is 4. The molecule has 2 aromatic carbocycles. The first-order chi connectivity index (χ1) is 14.4. The summed E-state index contributed by atoms with van der Waals surface area (Å²) in [5, 5.41) is 5.77. The van der Waals surface area contributed by atoms with E-state index in [1.807, 2.05) is 43.3 Å². The van der Waals surface area contributed by atoms with Crippen molar-refractivity contribution in [1.29, 1.82) is 0 Å². The lowest BCUT2D eigenvalue weighted by Crippen LogP contribution is -2.22. The molecule has 0 spiro atoms. The Kier molecular flexibility index (Phi) is 5.92. The predicted octanol–water partition coefficient (Wildman–Crippen LogP) is 5.22. The van der Waals surface area contributed by atoms with Crippen LogP contribution in [0.25, 0.3) is 16.6 Å². The Morgan fingerprint density at radius 1 is 1.13 bits per heavy atom. The van der Waals surface area contributed by atoms with Gasteiger partial charge in [0.1, 0.15) is 0 Å². The van der Waals surface area contributed by atoms with Gasteiger partial charge in [0.15, 0.2) is 11.0 Å². The lowest BCUT2D eigenvalue weighted by atomic mass is 10.1. The minimum absolute atomic E-state index is 0.137. The van der Waals surface area contributed by atoms with E-state index in [1.165, 1.54) is 11.8 Å². The van der Waals surface area contributed by atoms with Crippen LogP contribution in [0, 0.1) is 12.8 Å². The van der Waals surface area contributed by atoms with Crippen LogP contribution in [0.1, 0.15) is 31.1 Å². The van der Waals surface area contributed by atoms with Gasteiger partial charge in [-0.25, -0.2) is 4.98 Å². The summed E-state index contributed by atoms with van der Waals surface area (Å²) in [5.74, 6) is 2.07. The van der Waals surface area contributed by atoms with Crippen LogP contribution in [0.4, 0.5) is 0 Å². The van der Waals surface area contributed by atoms with E-state index in [9.17, 15) is 4.79 Å². The Balaban J connectivity index is 1.77. The molecule has 0 radical (unpaired) electrons. The molecule has 0 saturated heterocycles. The molecule has 0 amide bonds. The Bertz CT molecular complexity index is 1270. The summed E-state index contributed by atoms with van der Waals surface area (Å²) in [6, 6.07) is 12.8. The Morgan fingerprint density at radius 3 is 2.73 bits per heavy atom. The lowest BCUT2D eigenvalue weighted by molar-refractivity contribution is 0.360. The number of benzene rings is 2. The normalized spacial score (nSPS) is 11.5. The summed E-state index contributed by atoms with van der Waals surface area (Å²) in [4.78, 5) is 22.6. The van der Waals surface area contributed by atoms with E-state index in [0.29, 0.717) is 50.2 Å². The fourth-order valence-electron chi connectivity index (χ4n) is 3.17. The minimum Gasteiger partial charge on any atom is -0.339 e. The van der Waals surface area contributed by atoms with E-state index in [1.54, 1.807) is 10.6 Å². The Hall–Kier alpha value is -2.64. The first kappa shape index (κ1) is 20.6. The quantitative estimate of drug-likeness (QED) is 0.302. The average molecular weight is 441 g/mol. The molecule has 8 heteroatoms. The fraction of sp³-hybridized carbons (Fsp3) is 0.273. The SMILES string of the molecule is Cc1c(Cl)cccc1-n1c(SCc2noc(CC(C)C)n2)nc2ccccc2c1=O. The number of para-hydroxylation sites is 1. The predicted molar refractivity (Wildman–Crippen MR) is 119 cm³/mol. The molecule has 0 N–H and O–H groups in total. The number of nitrogens with zero attached hydrogens (tertiary/aromatic N) is 4. The topological polar surface area (TPSA) is 73.8 Å². The van der Waals surface area contributed by atoms with E-state index >= 15 is 0 Å². The van der Waals surface area contributed by atoms with Crippen LogP contribution in [-0.4, -0.2) is 19.7 Å². The molecular weight excluding hydrogens is 420 g/mol. The van der Waals surface area contributed by atoms with Gasteiger partial charge in [-0.05, 0) is 42.7 Å². The van der Waals surface area contributed by atoms with Crippen molar-refractivity contribution in [3.63, 3.8) is 0 Å². The molecule has 4 rings (SSSR count). The highest BCUT2D eigenvalue weighted by molar-refractivity contribution is 7.98. The van der Waals surface area contributed by atoms with Crippen molar-refractivity contribution < 1.29 is 4.52 Å². The summed E-state index contributed by atoms with van der Waals surface area (Å²) in [6.07, 6.45) is 0.734. The first-order valence-electron chi connectivity index (χ1n) is 9.65. The van der Waals surface area contributed by atoms with E-state index in [0.717, 1.165) is 12.0 Å². The summed E-state index contributed by atoms with van der Waals surface area (Å²) in [5.41, 5.74) is 2.04. The summed E-state index contributed by atoms with van der Waals surface area (Å²) in [6.45, 7) is 6.10. The van der Waals surface area contributed by atoms with Crippen LogP contribution in [0.3, 0.4) is 0 Å². The van der Waals surface area contributed by atoms with Crippen molar-refractivity contribution in [2.75, 3.05) is 0 Å². The standard InChI is InChI=1S/C22H21ClN4O2S/c1-13(2)11-20-25-19(26-29-20)12-30-22-24-17-9-5-4-7-15(17)21(28)27(22)18-10-6-8-16(23)14(18)3/h4-10,13H,11-12H2,1-3H3. The molecule has 0 atom stereocenters. The molecule has 4 aromatic rings. The highest BCUT2D eigenvalue weighted by Gasteiger charge is 2.17. The van der Waals surface area contributed by atoms with Crippen LogP contribution >= 0.6 is 23.4 Å². The second kappa shape index (κ2) is 8.62. The smallest absolute Gasteiger partial charge is 0.266 e. The molecule has 0 fully saturated rings. The first-order valence-corrected chi connectivity index (χ1v) is 11.0. The van der Waals surface area contributed by atoms with Crippen molar-refractivity contribution in [2.24, 2.45) is 5.92 Å².